The van der Waals surface area contributed by atoms with Crippen LogP contribution in [0.25, 0.3) is 0 Å². The Balaban J connectivity index is 1.54. The highest BCUT2D eigenvalue weighted by Crippen LogP contribution is 2.53. The summed E-state index contributed by atoms with van der Waals surface area (Å²) in [5.41, 5.74) is 8.78. The summed E-state index contributed by atoms with van der Waals surface area (Å²) in [6.45, 7) is 1.37. The lowest BCUT2D eigenvalue weighted by molar-refractivity contribution is -0.140. The lowest BCUT2D eigenvalue weighted by Crippen LogP contribution is -2.50. The molecule has 0 fully saturated rings. The Morgan fingerprint density at radius 3 is 2.60 bits per heavy atom. The van der Waals surface area contributed by atoms with Crippen LogP contribution >= 0.6 is 11.8 Å². The minimum atomic E-state index is -1.24. The van der Waals surface area contributed by atoms with Gasteiger partial charge in [0.15, 0.2) is 0 Å². The van der Waals surface area contributed by atoms with Crippen LogP contribution in [0.5, 0.6) is 0 Å². The molecular weight excluding hydrogens is 574 g/mol. The Bertz CT molecular complexity index is 1360. The monoisotopic (exact) mass is 611 g/mol. The number of carbonyl (C=O) groups is 5. The molecule has 0 saturated carbocycles. The number of carboxylic acid groups (broad SMARTS) is 2. The summed E-state index contributed by atoms with van der Waals surface area (Å²) >= 11 is 1.35. The van der Waals surface area contributed by atoms with E-state index in [9.17, 15) is 24.0 Å². The highest BCUT2D eigenvalue weighted by atomic mass is 32.2. The summed E-state index contributed by atoms with van der Waals surface area (Å²) in [4.78, 5) is 60.8. The molecule has 0 aromatic heterocycles. The Hall–Kier alpha value is -3.90. The number of amides is 2. The van der Waals surface area contributed by atoms with Gasteiger partial charge in [-0.3, -0.25) is 24.0 Å². The number of nitrogens with one attached hydrogen (secondary N) is 2. The Morgan fingerprint density at radius 1 is 1.19 bits per heavy atom. The largest absolute Gasteiger partial charge is 0.480 e. The number of nitrogens with two attached hydrogens (primary N) is 1. The summed E-state index contributed by atoms with van der Waals surface area (Å²) in [7, 11) is 0. The Labute approximate surface area is 254 Å². The first kappa shape index (κ1) is 32.0. The normalized spacial score (nSPS) is 23.5. The predicted molar refractivity (Wildman–Crippen MR) is 160 cm³/mol. The molecule has 0 spiro atoms. The topological polar surface area (TPSA) is 185 Å². The third kappa shape index (κ3) is 7.74. The molecule has 1 aromatic carbocycles. The van der Waals surface area contributed by atoms with Crippen LogP contribution in [0.2, 0.25) is 0 Å². The lowest BCUT2D eigenvalue weighted by atomic mass is 9.72. The molecule has 2 aliphatic carbocycles. The maximum Gasteiger partial charge on any atom is 0.322 e. The summed E-state index contributed by atoms with van der Waals surface area (Å²) < 4.78 is 5.21. The second kappa shape index (κ2) is 14.0. The van der Waals surface area contributed by atoms with E-state index >= 15 is 0 Å². The number of benzene rings is 1. The molecular formula is C31H37N3O8S. The summed E-state index contributed by atoms with van der Waals surface area (Å²) in [6.07, 6.45) is 8.65. The van der Waals surface area contributed by atoms with Crippen molar-refractivity contribution >= 4 is 41.5 Å². The summed E-state index contributed by atoms with van der Waals surface area (Å²) in [5.74, 6) is -3.94. The van der Waals surface area contributed by atoms with Crippen LogP contribution in [-0.2, 0) is 35.1 Å². The molecule has 6 N–H and O–H groups in total. The highest BCUT2D eigenvalue weighted by Gasteiger charge is 2.50. The average Bonchev–Trinajstić information content (AvgIpc) is 3.32. The van der Waals surface area contributed by atoms with Crippen molar-refractivity contribution in [3.05, 3.63) is 71.0 Å². The summed E-state index contributed by atoms with van der Waals surface area (Å²) in [6, 6.07) is 7.72. The number of ether oxygens (including phenoxy) is 1. The maximum absolute atomic E-state index is 13.2. The molecule has 43 heavy (non-hydrogen) atoms. The van der Waals surface area contributed by atoms with E-state index < -0.39 is 53.0 Å². The lowest BCUT2D eigenvalue weighted by Gasteiger charge is -2.37. The second-order valence-electron chi connectivity index (χ2n) is 11.0. The molecule has 0 bridgehead atoms. The number of allylic oxidation sites excluding steroid dienone is 2. The third-order valence-electron chi connectivity index (χ3n) is 7.79. The van der Waals surface area contributed by atoms with Crippen LogP contribution in [0.1, 0.15) is 44.6 Å². The molecule has 1 aromatic rings. The molecule has 0 radical (unpaired) electrons. The molecule has 5 unspecified atom stereocenters. The van der Waals surface area contributed by atoms with Gasteiger partial charge < -0.3 is 31.3 Å². The molecule has 11 nitrogen and oxygen atoms in total. The van der Waals surface area contributed by atoms with Gasteiger partial charge in [0.05, 0.1) is 4.75 Å². The van der Waals surface area contributed by atoms with Gasteiger partial charge in [0.2, 0.25) is 11.8 Å². The van der Waals surface area contributed by atoms with E-state index in [1.165, 1.54) is 22.9 Å². The highest BCUT2D eigenvalue weighted by molar-refractivity contribution is 8.01. The van der Waals surface area contributed by atoms with Crippen molar-refractivity contribution in [2.45, 2.75) is 62.3 Å². The number of aliphatic carboxylic acids is 2. The molecule has 2 amide bonds. The van der Waals surface area contributed by atoms with Crippen molar-refractivity contribution in [2.75, 3.05) is 12.3 Å². The van der Waals surface area contributed by atoms with Gasteiger partial charge in [0, 0.05) is 18.1 Å². The number of hydrogen-bond donors (Lipinski definition) is 5. The molecule has 5 atom stereocenters. The van der Waals surface area contributed by atoms with Crippen LogP contribution in [0.4, 0.5) is 0 Å². The van der Waals surface area contributed by atoms with E-state index in [4.69, 9.17) is 20.7 Å². The van der Waals surface area contributed by atoms with E-state index in [1.54, 1.807) is 0 Å². The number of carbonyl (C=O) groups excluding carboxylic acids is 3. The van der Waals surface area contributed by atoms with Gasteiger partial charge in [-0.05, 0) is 36.8 Å². The van der Waals surface area contributed by atoms with Crippen LogP contribution in [0.3, 0.4) is 0 Å². The molecule has 1 heterocycles. The Kier molecular flexibility index (Phi) is 10.5. The van der Waals surface area contributed by atoms with E-state index in [0.717, 1.165) is 24.8 Å². The zero-order valence-corrected chi connectivity index (χ0v) is 24.7. The number of rotatable bonds is 15. The van der Waals surface area contributed by atoms with Crippen LogP contribution in [0, 0.1) is 11.8 Å². The van der Waals surface area contributed by atoms with Crippen molar-refractivity contribution in [3.8, 4) is 0 Å². The van der Waals surface area contributed by atoms with E-state index in [0.29, 0.717) is 12.2 Å². The van der Waals surface area contributed by atoms with Gasteiger partial charge in [-0.2, -0.15) is 0 Å². The fourth-order valence-electron chi connectivity index (χ4n) is 5.71. The van der Waals surface area contributed by atoms with Gasteiger partial charge in [-0.15, -0.1) is 11.8 Å². The zero-order valence-electron chi connectivity index (χ0n) is 23.9. The fraction of sp³-hybridized carbons (Fsp3) is 0.452. The molecule has 0 saturated heterocycles. The van der Waals surface area contributed by atoms with E-state index in [-0.39, 0.29) is 30.5 Å². The van der Waals surface area contributed by atoms with Crippen molar-refractivity contribution in [1.29, 1.82) is 0 Å². The number of carboxylic acids is 2. The van der Waals surface area contributed by atoms with Gasteiger partial charge >= 0.3 is 17.9 Å². The van der Waals surface area contributed by atoms with Gasteiger partial charge in [0.1, 0.15) is 30.3 Å². The number of hydrogen-bond acceptors (Lipinski definition) is 8. The Morgan fingerprint density at radius 2 is 1.93 bits per heavy atom. The van der Waals surface area contributed by atoms with Crippen LogP contribution in [0.15, 0.2) is 65.5 Å². The van der Waals surface area contributed by atoms with Gasteiger partial charge in [0.25, 0.3) is 0 Å². The molecule has 4 rings (SSSR count). The van der Waals surface area contributed by atoms with Crippen LogP contribution < -0.4 is 16.4 Å². The molecule has 12 heteroatoms. The molecule has 1 aliphatic heterocycles. The minimum absolute atomic E-state index is 0.00792. The number of thioether (sulfide) groups is 1. The van der Waals surface area contributed by atoms with Gasteiger partial charge in [-0.25, -0.2) is 0 Å². The van der Waals surface area contributed by atoms with Crippen molar-refractivity contribution in [3.63, 3.8) is 0 Å². The minimum Gasteiger partial charge on any atom is -0.480 e. The quantitative estimate of drug-likeness (QED) is 0.146. The maximum atomic E-state index is 13.2. The SMILES string of the molecule is CCCC1(SCC(NC(=O)CCC(N)C(=O)O)C(=O)NCC(=O)O)C=CC2CC(Cc3ccccc3)=CC3C(=O)OC1=C23. The first-order chi connectivity index (χ1) is 20.5. The van der Waals surface area contributed by atoms with E-state index in [1.807, 2.05) is 37.3 Å². The average molecular weight is 612 g/mol. The van der Waals surface area contributed by atoms with E-state index in [2.05, 4.69) is 28.8 Å². The molecule has 230 valence electrons. The summed E-state index contributed by atoms with van der Waals surface area (Å²) in [5, 5.41) is 22.9. The van der Waals surface area contributed by atoms with Crippen molar-refractivity contribution < 1.29 is 38.9 Å². The fourth-order valence-corrected chi connectivity index (χ4v) is 7.23. The van der Waals surface area contributed by atoms with Crippen LogP contribution in [-0.4, -0.2) is 69.1 Å². The third-order valence-corrected chi connectivity index (χ3v) is 9.33. The number of esters is 1. The second-order valence-corrected chi connectivity index (χ2v) is 12.4. The van der Waals surface area contributed by atoms with Crippen molar-refractivity contribution in [1.82, 2.24) is 10.6 Å². The standard InChI is InChI=1S/C31H37N3O8S/c1-2-11-31(43-17-23(28(38)33-16-25(36)37)34-24(35)9-8-22(32)29(39)40)12-10-20-14-19(13-18-6-4-3-5-7-18)15-21-26(20)27(31)42-30(21)41/h3-7,10,12,15,20-23H,2,8-9,11,13-14,16-17,32H2,1H3,(H,33,38)(H,34,35)(H,36,37)(H,39,40). The van der Waals surface area contributed by atoms with Crippen molar-refractivity contribution in [2.24, 2.45) is 17.6 Å². The van der Waals surface area contributed by atoms with Gasteiger partial charge in [-0.1, -0.05) is 67.5 Å². The smallest absolute Gasteiger partial charge is 0.322 e. The predicted octanol–water partition coefficient (Wildman–Crippen LogP) is 2.32. The first-order valence-electron chi connectivity index (χ1n) is 14.3. The zero-order chi connectivity index (χ0) is 31.1. The first-order valence-corrected chi connectivity index (χ1v) is 15.3. The molecule has 3 aliphatic rings.